The first-order valence-electron chi connectivity index (χ1n) is 5.59. The Morgan fingerprint density at radius 2 is 2.23 bits per heavy atom. The van der Waals surface area contributed by atoms with Crippen LogP contribution in [0.15, 0.2) is 12.2 Å². The molecule has 0 bridgehead atoms. The maximum Gasteiger partial charge on any atom is 0.0746 e. The molecule has 0 aromatic rings. The molecule has 3 saturated carbocycles. The molecule has 3 aliphatic rings. The third kappa shape index (κ3) is 0.914. The van der Waals surface area contributed by atoms with Crippen molar-refractivity contribution >= 4 is 0 Å². The Bertz CT molecular complexity index is 258. The molecule has 1 nitrogen and oxygen atoms in total. The predicted molar refractivity (Wildman–Crippen MR) is 52.3 cm³/mol. The zero-order valence-electron chi connectivity index (χ0n) is 8.13. The minimum atomic E-state index is -0.321. The smallest absolute Gasteiger partial charge is 0.0746 e. The number of hydrogen-bond acceptors (Lipinski definition) is 1. The van der Waals surface area contributed by atoms with E-state index in [-0.39, 0.29) is 5.60 Å². The van der Waals surface area contributed by atoms with E-state index >= 15 is 0 Å². The standard InChI is InChI=1S/C12H18O/c1-8-5-10-6-9-3-2-4-11(9)12(10,13)7-8/h9-11,13H,1-7H2/t9-,10-,11-,12+/m0/s1. The van der Waals surface area contributed by atoms with Crippen LogP contribution in [0.1, 0.15) is 38.5 Å². The highest BCUT2D eigenvalue weighted by Gasteiger charge is 2.57. The summed E-state index contributed by atoms with van der Waals surface area (Å²) in [5.74, 6) is 2.04. The summed E-state index contributed by atoms with van der Waals surface area (Å²) in [7, 11) is 0. The van der Waals surface area contributed by atoms with Crippen molar-refractivity contribution in [2.24, 2.45) is 17.8 Å². The van der Waals surface area contributed by atoms with Crippen molar-refractivity contribution in [2.75, 3.05) is 0 Å². The van der Waals surface area contributed by atoms with Gasteiger partial charge in [-0.3, -0.25) is 0 Å². The molecule has 0 aromatic carbocycles. The van der Waals surface area contributed by atoms with Crippen molar-refractivity contribution in [3.8, 4) is 0 Å². The topological polar surface area (TPSA) is 20.2 Å². The Labute approximate surface area is 79.8 Å². The molecule has 0 aromatic heterocycles. The van der Waals surface area contributed by atoms with Gasteiger partial charge in [0, 0.05) is 0 Å². The number of aliphatic hydroxyl groups is 1. The van der Waals surface area contributed by atoms with Crippen LogP contribution in [-0.4, -0.2) is 10.7 Å². The van der Waals surface area contributed by atoms with E-state index < -0.39 is 0 Å². The Morgan fingerprint density at radius 3 is 3.08 bits per heavy atom. The summed E-state index contributed by atoms with van der Waals surface area (Å²) in [6.45, 7) is 4.04. The third-order valence-corrected chi connectivity index (χ3v) is 4.66. The Kier molecular flexibility index (Phi) is 1.48. The number of rotatable bonds is 0. The lowest BCUT2D eigenvalue weighted by atomic mass is 9.84. The van der Waals surface area contributed by atoms with Gasteiger partial charge >= 0.3 is 0 Å². The lowest BCUT2D eigenvalue weighted by Crippen LogP contribution is -2.35. The minimum absolute atomic E-state index is 0.321. The average Bonchev–Trinajstić information content (AvgIpc) is 2.62. The monoisotopic (exact) mass is 178 g/mol. The first kappa shape index (κ1) is 8.05. The molecule has 0 heterocycles. The summed E-state index contributed by atoms with van der Waals surface area (Å²) in [6.07, 6.45) is 7.26. The van der Waals surface area contributed by atoms with Crippen molar-refractivity contribution in [3.05, 3.63) is 12.2 Å². The van der Waals surface area contributed by atoms with Crippen molar-refractivity contribution < 1.29 is 5.11 Å². The van der Waals surface area contributed by atoms with Crippen LogP contribution in [-0.2, 0) is 0 Å². The zero-order chi connectivity index (χ0) is 9.05. The second-order valence-electron chi connectivity index (χ2n) is 5.35. The summed E-state index contributed by atoms with van der Waals surface area (Å²) >= 11 is 0. The molecule has 0 radical (unpaired) electrons. The van der Waals surface area contributed by atoms with Gasteiger partial charge in [-0.2, -0.15) is 0 Å². The van der Waals surface area contributed by atoms with Crippen molar-refractivity contribution in [1.29, 1.82) is 0 Å². The van der Waals surface area contributed by atoms with Gasteiger partial charge in [-0.1, -0.05) is 25.0 Å². The van der Waals surface area contributed by atoms with E-state index in [1.54, 1.807) is 0 Å². The molecule has 0 unspecified atom stereocenters. The summed E-state index contributed by atoms with van der Waals surface area (Å²) in [5, 5.41) is 10.6. The molecule has 13 heavy (non-hydrogen) atoms. The maximum absolute atomic E-state index is 10.6. The SMILES string of the molecule is C=C1C[C@H]2C[C@@H]3CCC[C@@H]3[C@@]2(O)C1. The molecule has 0 amide bonds. The fourth-order valence-corrected chi connectivity index (χ4v) is 4.21. The highest BCUT2D eigenvalue weighted by atomic mass is 16.3. The van der Waals surface area contributed by atoms with Crippen molar-refractivity contribution in [3.63, 3.8) is 0 Å². The van der Waals surface area contributed by atoms with Crippen molar-refractivity contribution in [2.45, 2.75) is 44.1 Å². The molecule has 3 fully saturated rings. The zero-order valence-corrected chi connectivity index (χ0v) is 8.13. The number of fused-ring (bicyclic) bond motifs is 3. The van der Waals surface area contributed by atoms with E-state index in [1.165, 1.54) is 31.3 Å². The quantitative estimate of drug-likeness (QED) is 0.565. The first-order valence-corrected chi connectivity index (χ1v) is 5.59. The van der Waals surface area contributed by atoms with E-state index in [2.05, 4.69) is 6.58 Å². The molecule has 3 rings (SSSR count). The molecule has 1 heteroatoms. The van der Waals surface area contributed by atoms with E-state index in [0.717, 1.165) is 18.8 Å². The van der Waals surface area contributed by atoms with Crippen molar-refractivity contribution in [1.82, 2.24) is 0 Å². The molecular formula is C12H18O. The van der Waals surface area contributed by atoms with Gasteiger partial charge < -0.3 is 5.11 Å². The van der Waals surface area contributed by atoms with Gasteiger partial charge in [-0.25, -0.2) is 0 Å². The molecule has 72 valence electrons. The van der Waals surface area contributed by atoms with E-state index in [0.29, 0.717) is 11.8 Å². The maximum atomic E-state index is 10.6. The van der Waals surface area contributed by atoms with Gasteiger partial charge in [0.15, 0.2) is 0 Å². The molecule has 0 saturated heterocycles. The van der Waals surface area contributed by atoms with E-state index in [1.807, 2.05) is 0 Å². The van der Waals surface area contributed by atoms with Gasteiger partial charge in [-0.15, -0.1) is 0 Å². The van der Waals surface area contributed by atoms with Crippen LogP contribution in [0.4, 0.5) is 0 Å². The van der Waals surface area contributed by atoms with Gasteiger partial charge in [0.25, 0.3) is 0 Å². The van der Waals surface area contributed by atoms with Gasteiger partial charge in [-0.05, 0) is 43.4 Å². The van der Waals surface area contributed by atoms with E-state index in [4.69, 9.17) is 0 Å². The lowest BCUT2D eigenvalue weighted by molar-refractivity contribution is -0.0193. The molecule has 0 aliphatic heterocycles. The Morgan fingerprint density at radius 1 is 1.38 bits per heavy atom. The summed E-state index contributed by atoms with van der Waals surface area (Å²) < 4.78 is 0. The Hall–Kier alpha value is -0.300. The Balaban J connectivity index is 1.94. The second kappa shape index (κ2) is 2.38. The summed E-state index contributed by atoms with van der Waals surface area (Å²) in [6, 6.07) is 0. The molecule has 3 aliphatic carbocycles. The molecule has 1 N–H and O–H groups in total. The fourth-order valence-electron chi connectivity index (χ4n) is 4.21. The fraction of sp³-hybridized carbons (Fsp3) is 0.833. The van der Waals surface area contributed by atoms with E-state index in [9.17, 15) is 5.11 Å². The van der Waals surface area contributed by atoms with Crippen LogP contribution < -0.4 is 0 Å². The van der Waals surface area contributed by atoms with Crippen LogP contribution >= 0.6 is 0 Å². The summed E-state index contributed by atoms with van der Waals surface area (Å²) in [4.78, 5) is 0. The third-order valence-electron chi connectivity index (χ3n) is 4.66. The van der Waals surface area contributed by atoms with Gasteiger partial charge in [0.2, 0.25) is 0 Å². The molecule has 0 spiro atoms. The highest BCUT2D eigenvalue weighted by molar-refractivity contribution is 5.20. The minimum Gasteiger partial charge on any atom is -0.389 e. The molecular weight excluding hydrogens is 160 g/mol. The van der Waals surface area contributed by atoms with Crippen LogP contribution in [0.3, 0.4) is 0 Å². The number of hydrogen-bond donors (Lipinski definition) is 1. The highest BCUT2D eigenvalue weighted by Crippen LogP contribution is 2.59. The van der Waals surface area contributed by atoms with Crippen LogP contribution in [0, 0.1) is 17.8 Å². The first-order chi connectivity index (χ1) is 6.20. The van der Waals surface area contributed by atoms with Gasteiger partial charge in [0.1, 0.15) is 0 Å². The van der Waals surface area contributed by atoms with Gasteiger partial charge in [0.05, 0.1) is 5.60 Å². The average molecular weight is 178 g/mol. The van der Waals surface area contributed by atoms with Crippen LogP contribution in [0.2, 0.25) is 0 Å². The van der Waals surface area contributed by atoms with Crippen LogP contribution in [0.5, 0.6) is 0 Å². The molecule has 4 atom stereocenters. The lowest BCUT2D eigenvalue weighted by Gasteiger charge is -2.28. The summed E-state index contributed by atoms with van der Waals surface area (Å²) in [5.41, 5.74) is 0.968. The largest absolute Gasteiger partial charge is 0.389 e. The normalized spacial score (nSPS) is 53.9. The second-order valence-corrected chi connectivity index (χ2v) is 5.35. The van der Waals surface area contributed by atoms with Crippen LogP contribution in [0.25, 0.3) is 0 Å². The predicted octanol–water partition coefficient (Wildman–Crippen LogP) is 2.50.